The highest BCUT2D eigenvalue weighted by molar-refractivity contribution is 7.47. The van der Waals surface area contributed by atoms with Crippen LogP contribution >= 0.6 is 7.82 Å². The van der Waals surface area contributed by atoms with E-state index in [4.69, 9.17) is 13.8 Å². The van der Waals surface area contributed by atoms with Gasteiger partial charge in [-0.15, -0.1) is 0 Å². The molecule has 0 fully saturated rings. The largest absolute Gasteiger partial charge is 0.480 e. The molecule has 306 valence electrons. The first-order chi connectivity index (χ1) is 25.6. The molecule has 11 nitrogen and oxygen atoms in total. The summed E-state index contributed by atoms with van der Waals surface area (Å²) in [7, 11) is -4.76. The minimum absolute atomic E-state index is 0.132. The summed E-state index contributed by atoms with van der Waals surface area (Å²) < 4.78 is 26.7. The molecule has 0 radical (unpaired) electrons. The summed E-state index contributed by atoms with van der Waals surface area (Å²) in [6, 6.07) is -1.55. The molecule has 0 spiro atoms. The first-order valence-electron chi connectivity index (χ1n) is 20.2. The van der Waals surface area contributed by atoms with Gasteiger partial charge in [0.2, 0.25) is 5.91 Å². The highest BCUT2D eigenvalue weighted by Gasteiger charge is 2.28. The number of aliphatic hydroxyl groups excluding tert-OH is 1. The smallest absolute Gasteiger partial charge is 0.472 e. The van der Waals surface area contributed by atoms with Gasteiger partial charge >= 0.3 is 19.8 Å². The van der Waals surface area contributed by atoms with Crippen LogP contribution in [0.3, 0.4) is 0 Å². The van der Waals surface area contributed by atoms with Gasteiger partial charge < -0.3 is 25.2 Å². The topological polar surface area (TPSA) is 169 Å². The van der Waals surface area contributed by atoms with E-state index in [2.05, 4.69) is 67.8 Å². The second-order valence-corrected chi connectivity index (χ2v) is 14.9. The van der Waals surface area contributed by atoms with Gasteiger partial charge in [-0.3, -0.25) is 18.6 Å². The van der Waals surface area contributed by atoms with E-state index in [0.717, 1.165) is 96.3 Å². The van der Waals surface area contributed by atoms with Crippen LogP contribution in [0.25, 0.3) is 0 Å². The zero-order valence-electron chi connectivity index (χ0n) is 32.8. The van der Waals surface area contributed by atoms with Gasteiger partial charge in [-0.25, -0.2) is 9.36 Å². The molecule has 0 aliphatic carbocycles. The van der Waals surface area contributed by atoms with E-state index in [1.807, 2.05) is 0 Å². The number of hydrogen-bond donors (Lipinski definition) is 4. The number of ether oxygens (including phenoxy) is 1. The summed E-state index contributed by atoms with van der Waals surface area (Å²) in [5.74, 6) is -2.41. The summed E-state index contributed by atoms with van der Waals surface area (Å²) >= 11 is 0. The van der Waals surface area contributed by atoms with Crippen LogP contribution in [0.1, 0.15) is 162 Å². The third-order valence-electron chi connectivity index (χ3n) is 8.32. The van der Waals surface area contributed by atoms with Crippen LogP contribution in [-0.2, 0) is 32.7 Å². The number of esters is 1. The minimum atomic E-state index is -4.76. The van der Waals surface area contributed by atoms with Gasteiger partial charge in [0.25, 0.3) is 0 Å². The molecule has 0 aromatic carbocycles. The maximum absolute atomic E-state index is 12.2. The molecule has 4 N–H and O–H groups in total. The quantitative estimate of drug-likeness (QED) is 0.0207. The second kappa shape index (κ2) is 36.4. The minimum Gasteiger partial charge on any atom is -0.480 e. The van der Waals surface area contributed by atoms with Crippen LogP contribution in [-0.4, -0.2) is 64.9 Å². The number of phosphoric acid groups is 1. The highest BCUT2D eigenvalue weighted by Crippen LogP contribution is 2.43. The van der Waals surface area contributed by atoms with Crippen LogP contribution in [0.2, 0.25) is 0 Å². The molecular formula is C41H72NO10P. The van der Waals surface area contributed by atoms with Gasteiger partial charge in [0, 0.05) is 12.8 Å². The Morgan fingerprint density at radius 1 is 0.604 bits per heavy atom. The van der Waals surface area contributed by atoms with E-state index in [9.17, 15) is 34.1 Å². The number of carbonyl (C=O) groups is 3. The van der Waals surface area contributed by atoms with Crippen molar-refractivity contribution in [1.29, 1.82) is 0 Å². The Bertz CT molecular complexity index is 1090. The lowest BCUT2D eigenvalue weighted by atomic mass is 10.1. The molecule has 0 aliphatic heterocycles. The van der Waals surface area contributed by atoms with E-state index >= 15 is 0 Å². The average Bonchev–Trinajstić information content (AvgIpc) is 3.13. The maximum atomic E-state index is 12.2. The summed E-state index contributed by atoms with van der Waals surface area (Å²) in [5, 5.41) is 21.7. The summed E-state index contributed by atoms with van der Waals surface area (Å²) in [6.45, 7) is 2.45. The Balaban J connectivity index is 3.93. The number of aliphatic hydroxyl groups is 1. The number of carbonyl (C=O) groups excluding carboxylic acids is 2. The number of allylic oxidation sites excluding steroid dienone is 8. The summed E-state index contributed by atoms with van der Waals surface area (Å²) in [6.07, 6.45) is 38.6. The molecule has 0 aliphatic rings. The Morgan fingerprint density at radius 3 is 1.64 bits per heavy atom. The number of amides is 1. The first-order valence-corrected chi connectivity index (χ1v) is 21.7. The highest BCUT2D eigenvalue weighted by atomic mass is 31.2. The molecule has 0 rings (SSSR count). The lowest BCUT2D eigenvalue weighted by molar-refractivity contribution is -0.147. The van der Waals surface area contributed by atoms with Gasteiger partial charge in [0.15, 0.2) is 6.04 Å². The molecule has 3 unspecified atom stereocenters. The Hall–Kier alpha value is -2.56. The molecule has 0 aromatic rings. The Kier molecular flexibility index (Phi) is 34.7. The third-order valence-corrected chi connectivity index (χ3v) is 9.27. The number of carboxylic acids is 1. The molecule has 1 amide bonds. The second-order valence-electron chi connectivity index (χ2n) is 13.5. The number of carboxylic acid groups (broad SMARTS) is 1. The van der Waals surface area contributed by atoms with Crippen LogP contribution in [0.15, 0.2) is 48.6 Å². The summed E-state index contributed by atoms with van der Waals surface area (Å²) in [4.78, 5) is 45.7. The molecule has 0 saturated carbocycles. The fourth-order valence-corrected chi connectivity index (χ4v) is 5.92. The van der Waals surface area contributed by atoms with Crippen LogP contribution < -0.4 is 5.32 Å². The Labute approximate surface area is 320 Å². The maximum Gasteiger partial charge on any atom is 0.472 e. The molecule has 3 atom stereocenters. The van der Waals surface area contributed by atoms with E-state index < -0.39 is 57.6 Å². The van der Waals surface area contributed by atoms with Crippen molar-refractivity contribution in [3.05, 3.63) is 48.6 Å². The van der Waals surface area contributed by atoms with Gasteiger partial charge in [0.05, 0.1) is 13.2 Å². The van der Waals surface area contributed by atoms with E-state index in [1.165, 1.54) is 25.7 Å². The van der Waals surface area contributed by atoms with Crippen molar-refractivity contribution in [2.45, 2.75) is 174 Å². The van der Waals surface area contributed by atoms with E-state index in [1.54, 1.807) is 0 Å². The predicted molar refractivity (Wildman–Crippen MR) is 212 cm³/mol. The van der Waals surface area contributed by atoms with Crippen molar-refractivity contribution in [2.24, 2.45) is 0 Å². The van der Waals surface area contributed by atoms with E-state index in [-0.39, 0.29) is 12.8 Å². The SMILES string of the molecule is CCC/C=C\CCCCCCCC(=O)NC(COP(=O)(O)OCC(O)COC(=O)CCCCCCCC/C=C\C/C=C\C/C=C\CCCCC)C(=O)O. The standard InChI is InChI=1S/C41H72NO10P/c1-3-5-7-9-11-13-15-16-17-18-19-20-21-22-23-25-27-29-31-33-40(45)50-34-37(43)35-51-53(48,49)52-36-38(41(46)47)42-39(44)32-30-28-26-24-14-12-10-8-6-4-2/h8,10-11,13,16-17,19-20,37-38,43H,3-7,9,12,14-15,18,21-36H2,1-2H3,(H,42,44)(H,46,47)(H,48,49)/b10-8-,13-11-,17-16-,20-19-. The number of rotatable bonds is 37. The summed E-state index contributed by atoms with van der Waals surface area (Å²) in [5.41, 5.74) is 0. The third kappa shape index (κ3) is 36.2. The number of phosphoric ester groups is 1. The molecule has 0 bridgehead atoms. The molecular weight excluding hydrogens is 697 g/mol. The lowest BCUT2D eigenvalue weighted by Gasteiger charge is -2.18. The molecule has 0 aromatic heterocycles. The first kappa shape index (κ1) is 50.4. The predicted octanol–water partition coefficient (Wildman–Crippen LogP) is 9.83. The fraction of sp³-hybridized carbons (Fsp3) is 0.732. The molecule has 53 heavy (non-hydrogen) atoms. The fourth-order valence-electron chi connectivity index (χ4n) is 5.15. The molecule has 0 heterocycles. The van der Waals surface area contributed by atoms with Crippen molar-refractivity contribution in [2.75, 3.05) is 19.8 Å². The molecule has 0 saturated heterocycles. The van der Waals surface area contributed by atoms with E-state index in [0.29, 0.717) is 12.8 Å². The van der Waals surface area contributed by atoms with Crippen LogP contribution in [0.5, 0.6) is 0 Å². The van der Waals surface area contributed by atoms with Gasteiger partial charge in [-0.1, -0.05) is 127 Å². The Morgan fingerprint density at radius 2 is 1.08 bits per heavy atom. The monoisotopic (exact) mass is 769 g/mol. The number of hydrogen-bond acceptors (Lipinski definition) is 8. The zero-order valence-corrected chi connectivity index (χ0v) is 33.7. The van der Waals surface area contributed by atoms with Crippen molar-refractivity contribution in [3.8, 4) is 0 Å². The van der Waals surface area contributed by atoms with Gasteiger partial charge in [0.1, 0.15) is 12.7 Å². The van der Waals surface area contributed by atoms with Crippen LogP contribution in [0, 0.1) is 0 Å². The van der Waals surface area contributed by atoms with Gasteiger partial charge in [-0.2, -0.15) is 0 Å². The van der Waals surface area contributed by atoms with Crippen molar-refractivity contribution >= 4 is 25.7 Å². The number of nitrogens with one attached hydrogen (secondary N) is 1. The lowest BCUT2D eigenvalue weighted by Crippen LogP contribution is -2.43. The van der Waals surface area contributed by atoms with Crippen molar-refractivity contribution < 1.29 is 47.8 Å². The van der Waals surface area contributed by atoms with Crippen molar-refractivity contribution in [1.82, 2.24) is 5.32 Å². The van der Waals surface area contributed by atoms with Gasteiger partial charge in [-0.05, 0) is 70.6 Å². The van der Waals surface area contributed by atoms with Crippen LogP contribution in [0.4, 0.5) is 0 Å². The normalized spacial score (nSPS) is 14.3. The average molecular weight is 770 g/mol. The zero-order chi connectivity index (χ0) is 39.3. The number of aliphatic carboxylic acids is 1. The molecule has 12 heteroatoms. The van der Waals surface area contributed by atoms with Crippen molar-refractivity contribution in [3.63, 3.8) is 0 Å². The number of unbranched alkanes of at least 4 members (excludes halogenated alkanes) is 15.